The third-order valence-electron chi connectivity index (χ3n) is 4.15. The van der Waals surface area contributed by atoms with Gasteiger partial charge in [0.15, 0.2) is 0 Å². The van der Waals surface area contributed by atoms with Crippen molar-refractivity contribution < 1.29 is 28.7 Å². The molecule has 0 saturated carbocycles. The summed E-state index contributed by atoms with van der Waals surface area (Å²) in [6.07, 6.45) is 0. The van der Waals surface area contributed by atoms with Gasteiger partial charge in [0.1, 0.15) is 29.1 Å². The quantitative estimate of drug-likeness (QED) is 0.558. The van der Waals surface area contributed by atoms with E-state index in [0.717, 1.165) is 16.2 Å². The average Bonchev–Trinajstić information content (AvgIpc) is 3.16. The lowest BCUT2D eigenvalue weighted by Crippen LogP contribution is -2.35. The highest BCUT2D eigenvalue weighted by atomic mass is 32.1. The van der Waals surface area contributed by atoms with Crippen LogP contribution in [-0.2, 0) is 20.9 Å². The molecule has 9 nitrogen and oxygen atoms in total. The van der Waals surface area contributed by atoms with E-state index in [1.54, 1.807) is 19.1 Å². The van der Waals surface area contributed by atoms with Gasteiger partial charge in [0.25, 0.3) is 11.8 Å². The van der Waals surface area contributed by atoms with Crippen LogP contribution in [0.15, 0.2) is 24.3 Å². The lowest BCUT2D eigenvalue weighted by molar-refractivity contribution is -0.145. The summed E-state index contributed by atoms with van der Waals surface area (Å²) in [5.41, 5.74) is 6.34. The van der Waals surface area contributed by atoms with Crippen LogP contribution in [0.2, 0.25) is 0 Å². The van der Waals surface area contributed by atoms with E-state index in [9.17, 15) is 24.4 Å². The highest BCUT2D eigenvalue weighted by Crippen LogP contribution is 2.32. The summed E-state index contributed by atoms with van der Waals surface area (Å²) in [5, 5.41) is 9.37. The molecule has 3 rings (SSSR count). The van der Waals surface area contributed by atoms with Gasteiger partial charge in [-0.1, -0.05) is 12.1 Å². The first-order valence-corrected chi connectivity index (χ1v) is 9.29. The number of nitrogen functional groups attached to an aromatic ring is 1. The molecule has 2 aromatic rings. The number of carbonyl (C=O) groups excluding carboxylic acids is 4. The summed E-state index contributed by atoms with van der Waals surface area (Å²) in [6.45, 7) is 0.731. The van der Waals surface area contributed by atoms with Gasteiger partial charge in [-0.05, 0) is 19.1 Å². The number of amides is 2. The number of rotatable bonds is 6. The Morgan fingerprint density at radius 1 is 1.17 bits per heavy atom. The molecule has 0 bridgehead atoms. The van der Waals surface area contributed by atoms with Gasteiger partial charge in [-0.2, -0.15) is 5.26 Å². The molecular weight excluding hydrogens is 398 g/mol. The van der Waals surface area contributed by atoms with Crippen LogP contribution >= 0.6 is 11.3 Å². The zero-order valence-electron chi connectivity index (χ0n) is 15.3. The number of nitrogens with zero attached hydrogens (tertiary/aromatic N) is 2. The molecule has 10 heteroatoms. The van der Waals surface area contributed by atoms with E-state index in [1.807, 2.05) is 6.07 Å². The highest BCUT2D eigenvalue weighted by molar-refractivity contribution is 7.18. The molecule has 2 N–H and O–H groups in total. The molecule has 1 aliphatic rings. The Morgan fingerprint density at radius 3 is 2.34 bits per heavy atom. The Morgan fingerprint density at radius 2 is 1.79 bits per heavy atom. The molecule has 0 fully saturated rings. The van der Waals surface area contributed by atoms with Gasteiger partial charge in [0, 0.05) is 5.56 Å². The number of imide groups is 1. The van der Waals surface area contributed by atoms with Crippen LogP contribution in [0.5, 0.6) is 0 Å². The summed E-state index contributed by atoms with van der Waals surface area (Å²) in [6, 6.07) is 8.11. The van der Waals surface area contributed by atoms with Crippen molar-refractivity contribution in [3.05, 3.63) is 51.4 Å². The van der Waals surface area contributed by atoms with Crippen LogP contribution in [0.1, 0.15) is 48.4 Å². The molecule has 1 aliphatic heterocycles. The smallest absolute Gasteiger partial charge is 0.348 e. The second kappa shape index (κ2) is 8.12. The standard InChI is InChI=1S/C19H15N3O6S/c1-2-27-19(26)15-13(12(7-20)16(21)29-15)9-28-14(23)8-22-17(24)10-5-3-4-6-11(10)18(22)25/h3-6H,2,8-9,21H2,1H3. The van der Waals surface area contributed by atoms with Crippen molar-refractivity contribution in [3.8, 4) is 6.07 Å². The minimum atomic E-state index is -0.872. The number of hydrogen-bond acceptors (Lipinski definition) is 9. The third-order valence-corrected chi connectivity index (χ3v) is 5.19. The van der Waals surface area contributed by atoms with Gasteiger partial charge < -0.3 is 15.2 Å². The van der Waals surface area contributed by atoms with E-state index in [0.29, 0.717) is 0 Å². The van der Waals surface area contributed by atoms with Gasteiger partial charge in [-0.15, -0.1) is 11.3 Å². The van der Waals surface area contributed by atoms with Crippen molar-refractivity contribution in [2.24, 2.45) is 0 Å². The topological polar surface area (TPSA) is 140 Å². The number of carbonyl (C=O) groups is 4. The summed E-state index contributed by atoms with van der Waals surface area (Å²) in [7, 11) is 0. The van der Waals surface area contributed by atoms with E-state index >= 15 is 0 Å². The fourth-order valence-corrected chi connectivity index (χ4v) is 3.73. The molecule has 0 spiro atoms. The van der Waals surface area contributed by atoms with E-state index in [-0.39, 0.29) is 38.7 Å². The molecule has 2 amide bonds. The van der Waals surface area contributed by atoms with Crippen molar-refractivity contribution >= 4 is 40.1 Å². The monoisotopic (exact) mass is 413 g/mol. The molecule has 0 unspecified atom stereocenters. The molecule has 148 valence electrons. The molecule has 1 aromatic carbocycles. The number of ether oxygens (including phenoxy) is 2. The normalized spacial score (nSPS) is 12.5. The second-order valence-electron chi connectivity index (χ2n) is 5.88. The number of nitriles is 1. The number of anilines is 1. The second-order valence-corrected chi connectivity index (χ2v) is 6.94. The van der Waals surface area contributed by atoms with Crippen LogP contribution in [0.3, 0.4) is 0 Å². The van der Waals surface area contributed by atoms with Crippen molar-refractivity contribution in [2.45, 2.75) is 13.5 Å². The maximum atomic E-state index is 12.3. The molecular formula is C19H15N3O6S. The van der Waals surface area contributed by atoms with Gasteiger partial charge >= 0.3 is 11.9 Å². The Kier molecular flexibility index (Phi) is 5.61. The first-order valence-electron chi connectivity index (χ1n) is 8.48. The number of hydrogen-bond donors (Lipinski definition) is 1. The molecule has 2 heterocycles. The minimum Gasteiger partial charge on any atom is -0.462 e. The molecule has 0 atom stereocenters. The van der Waals surface area contributed by atoms with E-state index < -0.39 is 36.9 Å². The van der Waals surface area contributed by atoms with Gasteiger partial charge in [0.2, 0.25) is 0 Å². The van der Waals surface area contributed by atoms with Crippen molar-refractivity contribution in [1.29, 1.82) is 5.26 Å². The van der Waals surface area contributed by atoms with Crippen molar-refractivity contribution in [2.75, 3.05) is 18.9 Å². The lowest BCUT2D eigenvalue weighted by atomic mass is 10.1. The maximum absolute atomic E-state index is 12.3. The largest absolute Gasteiger partial charge is 0.462 e. The molecule has 1 aromatic heterocycles. The third kappa shape index (κ3) is 3.68. The molecule has 0 saturated heterocycles. The maximum Gasteiger partial charge on any atom is 0.348 e. The fraction of sp³-hybridized carbons (Fsp3) is 0.211. The van der Waals surface area contributed by atoms with Gasteiger partial charge in [-0.25, -0.2) is 4.79 Å². The highest BCUT2D eigenvalue weighted by Gasteiger charge is 2.36. The van der Waals surface area contributed by atoms with Crippen molar-refractivity contribution in [3.63, 3.8) is 0 Å². The number of esters is 2. The summed E-state index contributed by atoms with van der Waals surface area (Å²) >= 11 is 0.861. The fourth-order valence-electron chi connectivity index (χ4n) is 2.82. The predicted octanol–water partition coefficient (Wildman–Crippen LogP) is 1.72. The Bertz CT molecular complexity index is 1030. The van der Waals surface area contributed by atoms with Crippen LogP contribution < -0.4 is 5.73 Å². The zero-order valence-corrected chi connectivity index (χ0v) is 16.1. The number of nitrogens with two attached hydrogens (primary N) is 1. The SMILES string of the molecule is CCOC(=O)c1sc(N)c(C#N)c1COC(=O)CN1C(=O)c2ccccc2C1=O. The van der Waals surface area contributed by atoms with Crippen LogP contribution in [0.25, 0.3) is 0 Å². The molecule has 0 aliphatic carbocycles. The van der Waals surface area contributed by atoms with Crippen LogP contribution in [-0.4, -0.2) is 41.8 Å². The summed E-state index contributed by atoms with van der Waals surface area (Å²) in [5.74, 6) is -2.74. The van der Waals surface area contributed by atoms with E-state index in [2.05, 4.69) is 0 Å². The first-order chi connectivity index (χ1) is 13.9. The minimum absolute atomic E-state index is 0.0200. The first kappa shape index (κ1) is 20.0. The van der Waals surface area contributed by atoms with E-state index in [1.165, 1.54) is 12.1 Å². The van der Waals surface area contributed by atoms with Crippen molar-refractivity contribution in [1.82, 2.24) is 4.90 Å². The molecule has 0 radical (unpaired) electrons. The number of fused-ring (bicyclic) bond motifs is 1. The predicted molar refractivity (Wildman–Crippen MR) is 101 cm³/mol. The number of thiophene rings is 1. The Balaban J connectivity index is 1.72. The Hall–Kier alpha value is -3.71. The average molecular weight is 413 g/mol. The zero-order chi connectivity index (χ0) is 21.1. The lowest BCUT2D eigenvalue weighted by Gasteiger charge is -2.13. The van der Waals surface area contributed by atoms with Crippen LogP contribution in [0.4, 0.5) is 5.00 Å². The summed E-state index contributed by atoms with van der Waals surface area (Å²) < 4.78 is 10.0. The van der Waals surface area contributed by atoms with E-state index in [4.69, 9.17) is 15.2 Å². The van der Waals surface area contributed by atoms with Gasteiger partial charge in [-0.3, -0.25) is 19.3 Å². The van der Waals surface area contributed by atoms with Crippen LogP contribution in [0, 0.1) is 11.3 Å². The van der Waals surface area contributed by atoms with Gasteiger partial charge in [0.05, 0.1) is 23.3 Å². The summed E-state index contributed by atoms with van der Waals surface area (Å²) in [4.78, 5) is 49.8. The number of benzene rings is 1. The Labute approximate surface area is 169 Å². The molecule has 29 heavy (non-hydrogen) atoms.